The molecular formula is C16H13Br2ClFN5O. The highest BCUT2D eigenvalue weighted by molar-refractivity contribution is 9.13. The van der Waals surface area contributed by atoms with Crippen molar-refractivity contribution < 1.29 is 9.18 Å². The molecule has 0 fully saturated rings. The number of amides is 1. The van der Waals surface area contributed by atoms with E-state index in [4.69, 9.17) is 11.6 Å². The number of benzene rings is 1. The highest BCUT2D eigenvalue weighted by Crippen LogP contribution is 2.27. The molecule has 0 unspecified atom stereocenters. The molecule has 0 saturated heterocycles. The molecule has 2 aromatic heterocycles. The molecule has 0 aliphatic heterocycles. The molecule has 1 amide bonds. The summed E-state index contributed by atoms with van der Waals surface area (Å²) in [6.07, 6.45) is 0. The lowest BCUT2D eigenvalue weighted by Crippen LogP contribution is -2.14. The van der Waals surface area contributed by atoms with Crippen molar-refractivity contribution >= 4 is 55.1 Å². The van der Waals surface area contributed by atoms with Crippen molar-refractivity contribution in [1.82, 2.24) is 20.0 Å². The first-order chi connectivity index (χ1) is 12.3. The molecule has 0 spiro atoms. The molecule has 1 aromatic carbocycles. The molecule has 2 heterocycles. The van der Waals surface area contributed by atoms with Gasteiger partial charge in [0.05, 0.1) is 28.1 Å². The van der Waals surface area contributed by atoms with E-state index in [1.165, 1.54) is 12.1 Å². The highest BCUT2D eigenvalue weighted by Gasteiger charge is 2.20. The number of nitrogens with zero attached hydrogens (tertiary/aromatic N) is 3. The third-order valence-corrected chi connectivity index (χ3v) is 6.07. The average molecular weight is 506 g/mol. The van der Waals surface area contributed by atoms with Crippen molar-refractivity contribution in [3.8, 4) is 0 Å². The van der Waals surface area contributed by atoms with E-state index in [1.807, 2.05) is 6.92 Å². The van der Waals surface area contributed by atoms with Gasteiger partial charge in [-0.25, -0.2) is 4.39 Å². The number of nitrogens with one attached hydrogen (secondary N) is 2. The monoisotopic (exact) mass is 503 g/mol. The molecular weight excluding hydrogens is 492 g/mol. The van der Waals surface area contributed by atoms with Gasteiger partial charge in [-0.1, -0.05) is 17.7 Å². The minimum atomic E-state index is -0.393. The first-order valence-electron chi connectivity index (χ1n) is 7.46. The van der Waals surface area contributed by atoms with Gasteiger partial charge in [-0.05, 0) is 63.4 Å². The summed E-state index contributed by atoms with van der Waals surface area (Å²) in [6, 6.07) is 4.23. The quantitative estimate of drug-likeness (QED) is 0.533. The molecule has 3 aromatic rings. The molecule has 0 aliphatic rings. The van der Waals surface area contributed by atoms with Crippen LogP contribution in [0.4, 0.5) is 10.1 Å². The van der Waals surface area contributed by atoms with Crippen LogP contribution in [-0.2, 0) is 6.54 Å². The molecule has 26 heavy (non-hydrogen) atoms. The average Bonchev–Trinajstić information content (AvgIpc) is 3.04. The maximum atomic E-state index is 13.2. The number of halogens is 4. The molecule has 10 heteroatoms. The molecule has 0 atom stereocenters. The van der Waals surface area contributed by atoms with E-state index in [2.05, 4.69) is 52.5 Å². The van der Waals surface area contributed by atoms with Crippen LogP contribution in [0.5, 0.6) is 0 Å². The minimum absolute atomic E-state index is 0.227. The summed E-state index contributed by atoms with van der Waals surface area (Å²) in [7, 11) is 0. The van der Waals surface area contributed by atoms with Crippen LogP contribution in [0, 0.1) is 19.7 Å². The molecule has 0 aliphatic carbocycles. The number of aryl methyl sites for hydroxylation is 1. The molecule has 2 N–H and O–H groups in total. The predicted molar refractivity (Wildman–Crippen MR) is 104 cm³/mol. The van der Waals surface area contributed by atoms with Crippen molar-refractivity contribution in [2.45, 2.75) is 20.4 Å². The van der Waals surface area contributed by atoms with Crippen molar-refractivity contribution in [2.75, 3.05) is 5.32 Å². The zero-order valence-electron chi connectivity index (χ0n) is 13.7. The van der Waals surface area contributed by atoms with Gasteiger partial charge in [-0.3, -0.25) is 14.6 Å². The van der Waals surface area contributed by atoms with Gasteiger partial charge in [-0.2, -0.15) is 10.2 Å². The summed E-state index contributed by atoms with van der Waals surface area (Å²) in [6.45, 7) is 3.99. The van der Waals surface area contributed by atoms with Crippen molar-refractivity contribution in [3.05, 3.63) is 60.8 Å². The van der Waals surface area contributed by atoms with E-state index in [0.717, 1.165) is 11.3 Å². The molecule has 0 bridgehead atoms. The second-order valence-corrected chi connectivity index (χ2v) is 7.59. The fourth-order valence-corrected chi connectivity index (χ4v) is 3.33. The Labute approximate surface area is 170 Å². The fraction of sp³-hybridized carbons (Fsp3) is 0.188. The van der Waals surface area contributed by atoms with Gasteiger partial charge >= 0.3 is 0 Å². The van der Waals surface area contributed by atoms with Gasteiger partial charge in [0, 0.05) is 5.02 Å². The number of carbonyl (C=O) groups is 1. The van der Waals surface area contributed by atoms with E-state index in [-0.39, 0.29) is 11.6 Å². The number of anilines is 1. The lowest BCUT2D eigenvalue weighted by molar-refractivity contribution is 0.102. The van der Waals surface area contributed by atoms with Gasteiger partial charge in [-0.15, -0.1) is 0 Å². The Morgan fingerprint density at radius 1 is 1.38 bits per heavy atom. The largest absolute Gasteiger partial charge is 0.317 e. The van der Waals surface area contributed by atoms with E-state index in [0.29, 0.717) is 32.0 Å². The first-order valence-corrected chi connectivity index (χ1v) is 9.43. The van der Waals surface area contributed by atoms with Crippen LogP contribution in [-0.4, -0.2) is 25.9 Å². The normalized spacial score (nSPS) is 11.0. The number of aromatic nitrogens is 4. The minimum Gasteiger partial charge on any atom is -0.317 e. The number of H-pyrrole nitrogens is 1. The van der Waals surface area contributed by atoms with Crippen LogP contribution in [0.3, 0.4) is 0 Å². The van der Waals surface area contributed by atoms with Crippen LogP contribution in [0.2, 0.25) is 5.02 Å². The van der Waals surface area contributed by atoms with Crippen molar-refractivity contribution in [3.63, 3.8) is 0 Å². The Balaban J connectivity index is 1.86. The third kappa shape index (κ3) is 3.70. The molecule has 0 radical (unpaired) electrons. The second-order valence-electron chi connectivity index (χ2n) is 5.59. The van der Waals surface area contributed by atoms with E-state index in [9.17, 15) is 9.18 Å². The lowest BCUT2D eigenvalue weighted by Gasteiger charge is -2.08. The first kappa shape index (κ1) is 19.1. The third-order valence-electron chi connectivity index (χ3n) is 3.84. The lowest BCUT2D eigenvalue weighted by atomic mass is 10.2. The summed E-state index contributed by atoms with van der Waals surface area (Å²) < 4.78 is 16.0. The van der Waals surface area contributed by atoms with Gasteiger partial charge in [0.25, 0.3) is 5.91 Å². The van der Waals surface area contributed by atoms with Gasteiger partial charge in [0.2, 0.25) is 0 Å². The molecule has 3 rings (SSSR count). The Morgan fingerprint density at radius 3 is 2.73 bits per heavy atom. The van der Waals surface area contributed by atoms with Gasteiger partial charge < -0.3 is 5.32 Å². The van der Waals surface area contributed by atoms with E-state index >= 15 is 0 Å². The number of carbonyl (C=O) groups excluding carboxylic acids is 1. The van der Waals surface area contributed by atoms with Crippen molar-refractivity contribution in [1.29, 1.82) is 0 Å². The predicted octanol–water partition coefficient (Wildman–Crippen LogP) is 4.84. The smallest absolute Gasteiger partial charge is 0.277 e. The maximum absolute atomic E-state index is 13.2. The number of hydrogen-bond acceptors (Lipinski definition) is 3. The molecule has 6 nitrogen and oxygen atoms in total. The summed E-state index contributed by atoms with van der Waals surface area (Å²) in [5.74, 6) is -0.764. The van der Waals surface area contributed by atoms with Crippen LogP contribution >= 0.6 is 43.5 Å². The zero-order valence-corrected chi connectivity index (χ0v) is 17.6. The van der Waals surface area contributed by atoms with Crippen LogP contribution in [0.25, 0.3) is 0 Å². The summed E-state index contributed by atoms with van der Waals surface area (Å²) >= 11 is 12.6. The Bertz CT molecular complexity index is 1000. The Kier molecular flexibility index (Phi) is 5.50. The number of hydrogen-bond donors (Lipinski definition) is 2. The van der Waals surface area contributed by atoms with Crippen LogP contribution in [0.1, 0.15) is 27.4 Å². The van der Waals surface area contributed by atoms with Crippen molar-refractivity contribution in [2.24, 2.45) is 0 Å². The molecule has 136 valence electrons. The van der Waals surface area contributed by atoms with Gasteiger partial charge in [0.15, 0.2) is 5.69 Å². The molecule has 0 saturated carbocycles. The number of rotatable bonds is 4. The van der Waals surface area contributed by atoms with E-state index < -0.39 is 5.82 Å². The van der Waals surface area contributed by atoms with E-state index in [1.54, 1.807) is 17.7 Å². The topological polar surface area (TPSA) is 75.6 Å². The Morgan fingerprint density at radius 2 is 2.12 bits per heavy atom. The zero-order chi connectivity index (χ0) is 19.0. The highest BCUT2D eigenvalue weighted by atomic mass is 79.9. The summed E-state index contributed by atoms with van der Waals surface area (Å²) in [5.41, 5.74) is 2.96. The fourth-order valence-electron chi connectivity index (χ4n) is 2.47. The van der Waals surface area contributed by atoms with Gasteiger partial charge in [0.1, 0.15) is 10.4 Å². The SMILES string of the molecule is Cc1nn(Cc2ccc(F)cc2Cl)c(C)c1NC(=O)c1n[nH]c(Br)c1Br. The summed E-state index contributed by atoms with van der Waals surface area (Å²) in [5, 5.41) is 14.2. The van der Waals surface area contributed by atoms with Crippen LogP contribution < -0.4 is 5.32 Å². The van der Waals surface area contributed by atoms with Crippen LogP contribution in [0.15, 0.2) is 27.3 Å². The second kappa shape index (κ2) is 7.50. The Hall–Kier alpha value is -1.71. The summed E-state index contributed by atoms with van der Waals surface area (Å²) in [4.78, 5) is 12.5. The number of aromatic amines is 1. The maximum Gasteiger partial charge on any atom is 0.277 e. The standard InChI is InChI=1S/C16H13Br2ClFN5O/c1-7-13(21-16(26)14-12(17)15(18)23-22-14)8(2)25(24-7)6-9-3-4-10(20)5-11(9)19/h3-5H,6H2,1-2H3,(H,21,26)(H,22,23).